The van der Waals surface area contributed by atoms with Crippen molar-refractivity contribution in [3.63, 3.8) is 0 Å². The van der Waals surface area contributed by atoms with Gasteiger partial charge in [0.05, 0.1) is 18.5 Å². The molecule has 0 saturated carbocycles. The third-order valence-electron chi connectivity index (χ3n) is 1.55. The molecule has 16 heavy (non-hydrogen) atoms. The molecule has 3 N–H and O–H groups in total. The van der Waals surface area contributed by atoms with Crippen LogP contribution in [0.5, 0.6) is 0 Å². The van der Waals surface area contributed by atoms with Gasteiger partial charge in [0.2, 0.25) is 0 Å². The van der Waals surface area contributed by atoms with Crippen LogP contribution in [0.4, 0.5) is 24.7 Å². The Kier molecular flexibility index (Phi) is 4.29. The average Bonchev–Trinajstić information content (AvgIpc) is 2.18. The molecule has 0 aromatic carbocycles. The van der Waals surface area contributed by atoms with Gasteiger partial charge in [0.1, 0.15) is 12.9 Å². The predicted molar refractivity (Wildman–Crippen MR) is 51.8 cm³/mol. The van der Waals surface area contributed by atoms with Gasteiger partial charge in [0.25, 0.3) is 0 Å². The van der Waals surface area contributed by atoms with Crippen LogP contribution in [0.3, 0.4) is 0 Å². The predicted octanol–water partition coefficient (Wildman–Crippen LogP) is 1.05. The number of anilines is 2. The molecule has 0 aliphatic carbocycles. The molecule has 0 fully saturated rings. The Labute approximate surface area is 89.8 Å². The van der Waals surface area contributed by atoms with Gasteiger partial charge in [-0.2, -0.15) is 13.2 Å². The van der Waals surface area contributed by atoms with E-state index < -0.39 is 12.8 Å². The minimum Gasteiger partial charge on any atom is -0.394 e. The largest absolute Gasteiger partial charge is 0.411 e. The third kappa shape index (κ3) is 4.78. The highest BCUT2D eigenvalue weighted by Crippen LogP contribution is 2.14. The SMILES string of the molecule is Nc1cncnc1NCCOCC(F)(F)F. The summed E-state index contributed by atoms with van der Waals surface area (Å²) in [5.74, 6) is 0.380. The number of nitrogens with one attached hydrogen (secondary N) is 1. The molecule has 0 amide bonds. The van der Waals surface area contributed by atoms with Gasteiger partial charge in [-0.15, -0.1) is 0 Å². The molecular weight excluding hydrogens is 225 g/mol. The zero-order valence-electron chi connectivity index (χ0n) is 8.29. The summed E-state index contributed by atoms with van der Waals surface area (Å²) >= 11 is 0. The Balaban J connectivity index is 2.19. The van der Waals surface area contributed by atoms with Crippen LogP contribution in [0.2, 0.25) is 0 Å². The van der Waals surface area contributed by atoms with Crippen LogP contribution >= 0.6 is 0 Å². The number of rotatable bonds is 5. The molecule has 1 aromatic rings. The molecule has 5 nitrogen and oxygen atoms in total. The van der Waals surface area contributed by atoms with E-state index in [1.165, 1.54) is 12.5 Å². The molecule has 90 valence electrons. The minimum atomic E-state index is -4.30. The van der Waals surface area contributed by atoms with Crippen LogP contribution in [-0.2, 0) is 4.74 Å². The number of halogens is 3. The first kappa shape index (κ1) is 12.5. The summed E-state index contributed by atoms with van der Waals surface area (Å²) in [4.78, 5) is 7.47. The Morgan fingerprint density at radius 1 is 1.44 bits per heavy atom. The zero-order chi connectivity index (χ0) is 12.0. The van der Waals surface area contributed by atoms with Gasteiger partial charge in [-0.1, -0.05) is 0 Å². The number of nitrogen functional groups attached to an aromatic ring is 1. The number of hydrogen-bond donors (Lipinski definition) is 2. The van der Waals surface area contributed by atoms with Crippen LogP contribution < -0.4 is 11.1 Å². The molecule has 0 atom stereocenters. The van der Waals surface area contributed by atoms with Crippen molar-refractivity contribution >= 4 is 11.5 Å². The molecule has 1 aromatic heterocycles. The van der Waals surface area contributed by atoms with Crippen LogP contribution in [0, 0.1) is 0 Å². The monoisotopic (exact) mass is 236 g/mol. The normalized spacial score (nSPS) is 11.4. The van der Waals surface area contributed by atoms with E-state index in [0.717, 1.165) is 0 Å². The van der Waals surface area contributed by atoms with Gasteiger partial charge in [0, 0.05) is 6.54 Å². The Morgan fingerprint density at radius 3 is 2.81 bits per heavy atom. The Hall–Kier alpha value is -1.57. The number of ether oxygens (including phenoxy) is 1. The van der Waals surface area contributed by atoms with Crippen molar-refractivity contribution in [3.8, 4) is 0 Å². The second-order valence-electron chi connectivity index (χ2n) is 2.92. The maximum Gasteiger partial charge on any atom is 0.411 e. The summed E-state index contributed by atoms with van der Waals surface area (Å²) in [6.45, 7) is -1.14. The minimum absolute atomic E-state index is 0.0804. The van der Waals surface area contributed by atoms with Gasteiger partial charge in [-0.25, -0.2) is 9.97 Å². The first-order chi connectivity index (χ1) is 7.49. The summed E-state index contributed by atoms with van der Waals surface area (Å²) < 4.78 is 39.4. The summed E-state index contributed by atoms with van der Waals surface area (Å²) in [6, 6.07) is 0. The van der Waals surface area contributed by atoms with E-state index in [4.69, 9.17) is 5.73 Å². The average molecular weight is 236 g/mol. The highest BCUT2D eigenvalue weighted by atomic mass is 19.4. The molecule has 0 bridgehead atoms. The molecule has 0 aliphatic heterocycles. The van der Waals surface area contributed by atoms with Crippen molar-refractivity contribution in [2.75, 3.05) is 30.8 Å². The summed E-state index contributed by atoms with van der Waals surface area (Å²) in [5, 5.41) is 2.73. The van der Waals surface area contributed by atoms with Crippen molar-refractivity contribution in [3.05, 3.63) is 12.5 Å². The molecule has 8 heteroatoms. The molecule has 0 aliphatic rings. The van der Waals surface area contributed by atoms with E-state index >= 15 is 0 Å². The topological polar surface area (TPSA) is 73.1 Å². The van der Waals surface area contributed by atoms with Gasteiger partial charge in [-0.05, 0) is 0 Å². The maximum atomic E-state index is 11.7. The highest BCUT2D eigenvalue weighted by molar-refractivity contribution is 5.58. The summed E-state index contributed by atoms with van der Waals surface area (Å²) in [5.41, 5.74) is 5.83. The van der Waals surface area contributed by atoms with Crippen molar-refractivity contribution < 1.29 is 17.9 Å². The molecule has 0 unspecified atom stereocenters. The lowest BCUT2D eigenvalue weighted by atomic mass is 10.5. The molecule has 0 spiro atoms. The van der Waals surface area contributed by atoms with Crippen molar-refractivity contribution in [1.29, 1.82) is 0 Å². The quantitative estimate of drug-likeness (QED) is 0.747. The van der Waals surface area contributed by atoms with Crippen LogP contribution in [0.15, 0.2) is 12.5 Å². The second kappa shape index (κ2) is 5.50. The van der Waals surface area contributed by atoms with Crippen molar-refractivity contribution in [2.24, 2.45) is 0 Å². The molecule has 0 radical (unpaired) electrons. The van der Waals surface area contributed by atoms with E-state index in [1.807, 2.05) is 0 Å². The fourth-order valence-corrected chi connectivity index (χ4v) is 0.918. The standard InChI is InChI=1S/C8H11F3N4O/c9-8(10,11)4-16-2-1-14-7-6(12)3-13-5-15-7/h3,5H,1-2,4,12H2,(H,13,14,15). The Morgan fingerprint density at radius 2 is 2.19 bits per heavy atom. The first-order valence-corrected chi connectivity index (χ1v) is 4.43. The number of alkyl halides is 3. The van der Waals surface area contributed by atoms with Gasteiger partial charge < -0.3 is 15.8 Å². The molecular formula is C8H11F3N4O. The van der Waals surface area contributed by atoms with Crippen molar-refractivity contribution in [1.82, 2.24) is 9.97 Å². The number of nitrogens with zero attached hydrogens (tertiary/aromatic N) is 2. The lowest BCUT2D eigenvalue weighted by Crippen LogP contribution is -2.20. The molecule has 1 rings (SSSR count). The van der Waals surface area contributed by atoms with E-state index in [-0.39, 0.29) is 13.2 Å². The van der Waals surface area contributed by atoms with E-state index in [2.05, 4.69) is 20.0 Å². The fraction of sp³-hybridized carbons (Fsp3) is 0.500. The first-order valence-electron chi connectivity index (χ1n) is 4.43. The van der Waals surface area contributed by atoms with Gasteiger partial charge in [-0.3, -0.25) is 0 Å². The molecule has 0 saturated heterocycles. The van der Waals surface area contributed by atoms with Crippen LogP contribution in [0.25, 0.3) is 0 Å². The second-order valence-corrected chi connectivity index (χ2v) is 2.92. The number of aromatic nitrogens is 2. The lowest BCUT2D eigenvalue weighted by molar-refractivity contribution is -0.172. The third-order valence-corrected chi connectivity index (χ3v) is 1.55. The van der Waals surface area contributed by atoms with E-state index in [0.29, 0.717) is 11.5 Å². The van der Waals surface area contributed by atoms with Crippen molar-refractivity contribution in [2.45, 2.75) is 6.18 Å². The lowest BCUT2D eigenvalue weighted by Gasteiger charge is -2.09. The molecule has 1 heterocycles. The Bertz CT molecular complexity index is 331. The van der Waals surface area contributed by atoms with E-state index in [1.54, 1.807) is 0 Å². The fourth-order valence-electron chi connectivity index (χ4n) is 0.918. The van der Waals surface area contributed by atoms with E-state index in [9.17, 15) is 13.2 Å². The van der Waals surface area contributed by atoms with Gasteiger partial charge >= 0.3 is 6.18 Å². The summed E-state index contributed by atoms with van der Waals surface area (Å²) in [6.07, 6.45) is -1.62. The smallest absolute Gasteiger partial charge is 0.394 e. The zero-order valence-corrected chi connectivity index (χ0v) is 8.29. The van der Waals surface area contributed by atoms with Crippen LogP contribution in [0.1, 0.15) is 0 Å². The van der Waals surface area contributed by atoms with Crippen LogP contribution in [-0.4, -0.2) is 35.9 Å². The number of nitrogens with two attached hydrogens (primary N) is 1. The highest BCUT2D eigenvalue weighted by Gasteiger charge is 2.27. The number of hydrogen-bond acceptors (Lipinski definition) is 5. The summed E-state index contributed by atoms with van der Waals surface area (Å²) in [7, 11) is 0. The van der Waals surface area contributed by atoms with Gasteiger partial charge in [0.15, 0.2) is 5.82 Å². The maximum absolute atomic E-state index is 11.7.